The van der Waals surface area contributed by atoms with Crippen LogP contribution in [0.5, 0.6) is 5.75 Å². The molecule has 0 radical (unpaired) electrons. The molecule has 1 aliphatic rings. The summed E-state index contributed by atoms with van der Waals surface area (Å²) in [6, 6.07) is 8.55. The highest BCUT2D eigenvalue weighted by atomic mass is 16.5. The molecular weight excluding hydrogens is 216 g/mol. The lowest BCUT2D eigenvalue weighted by Crippen LogP contribution is -2.40. The molecule has 0 unspecified atom stereocenters. The van der Waals surface area contributed by atoms with E-state index in [0.29, 0.717) is 6.04 Å². The fourth-order valence-corrected chi connectivity index (χ4v) is 1.55. The molecule has 0 spiro atoms. The standard InChI is InChI=1S/C13H20N2O2/c1-15(2)7-8-17-13-5-3-11(4-6-13)14-12-9-16-10-12/h3-6,12,14H,7-10H2,1-2H3. The molecule has 1 aliphatic heterocycles. The van der Waals surface area contributed by atoms with Gasteiger partial charge in [0.1, 0.15) is 12.4 Å². The topological polar surface area (TPSA) is 33.7 Å². The number of nitrogens with one attached hydrogen (secondary N) is 1. The predicted molar refractivity (Wildman–Crippen MR) is 68.7 cm³/mol. The van der Waals surface area contributed by atoms with Gasteiger partial charge >= 0.3 is 0 Å². The van der Waals surface area contributed by atoms with Crippen LogP contribution in [0, 0.1) is 0 Å². The molecule has 2 rings (SSSR count). The normalized spacial score (nSPS) is 15.7. The lowest BCUT2D eigenvalue weighted by atomic mass is 10.2. The van der Waals surface area contributed by atoms with E-state index >= 15 is 0 Å². The second-order valence-corrected chi connectivity index (χ2v) is 4.55. The number of hydrogen-bond acceptors (Lipinski definition) is 4. The minimum Gasteiger partial charge on any atom is -0.492 e. The van der Waals surface area contributed by atoms with Gasteiger partial charge in [-0.3, -0.25) is 0 Å². The largest absolute Gasteiger partial charge is 0.492 e. The summed E-state index contributed by atoms with van der Waals surface area (Å²) < 4.78 is 10.7. The summed E-state index contributed by atoms with van der Waals surface area (Å²) in [5, 5.41) is 3.39. The van der Waals surface area contributed by atoms with Crippen molar-refractivity contribution in [2.45, 2.75) is 6.04 Å². The number of hydrogen-bond donors (Lipinski definition) is 1. The van der Waals surface area contributed by atoms with E-state index in [1.807, 2.05) is 38.4 Å². The molecule has 1 saturated heterocycles. The van der Waals surface area contributed by atoms with Gasteiger partial charge in [0.25, 0.3) is 0 Å². The highest BCUT2D eigenvalue weighted by Crippen LogP contribution is 2.17. The van der Waals surface area contributed by atoms with E-state index in [-0.39, 0.29) is 0 Å². The van der Waals surface area contributed by atoms with Crippen molar-refractivity contribution in [1.29, 1.82) is 0 Å². The molecule has 94 valence electrons. The van der Waals surface area contributed by atoms with Gasteiger partial charge < -0.3 is 19.7 Å². The molecule has 1 aromatic rings. The lowest BCUT2D eigenvalue weighted by Gasteiger charge is -2.27. The van der Waals surface area contributed by atoms with Gasteiger partial charge in [-0.15, -0.1) is 0 Å². The Bertz CT molecular complexity index is 334. The Labute approximate surface area is 103 Å². The number of rotatable bonds is 6. The number of ether oxygens (including phenoxy) is 2. The van der Waals surface area contributed by atoms with Gasteiger partial charge in [-0.25, -0.2) is 0 Å². The minimum atomic E-state index is 0.468. The van der Waals surface area contributed by atoms with Crippen molar-refractivity contribution in [2.24, 2.45) is 0 Å². The van der Waals surface area contributed by atoms with E-state index in [2.05, 4.69) is 10.2 Å². The van der Waals surface area contributed by atoms with Crippen LogP contribution >= 0.6 is 0 Å². The van der Waals surface area contributed by atoms with Gasteiger partial charge in [0.2, 0.25) is 0 Å². The van der Waals surface area contributed by atoms with Crippen LogP contribution in [0.15, 0.2) is 24.3 Å². The molecule has 1 N–H and O–H groups in total. The van der Waals surface area contributed by atoms with Crippen LogP contribution in [-0.2, 0) is 4.74 Å². The summed E-state index contributed by atoms with van der Waals surface area (Å²) in [5.41, 5.74) is 1.12. The Morgan fingerprint density at radius 2 is 2.00 bits per heavy atom. The molecule has 4 heteroatoms. The fourth-order valence-electron chi connectivity index (χ4n) is 1.55. The molecular formula is C13H20N2O2. The van der Waals surface area contributed by atoms with Crippen LogP contribution in [0.3, 0.4) is 0 Å². The molecule has 0 aromatic heterocycles. The molecule has 1 fully saturated rings. The zero-order chi connectivity index (χ0) is 12.1. The van der Waals surface area contributed by atoms with Crippen LogP contribution in [0.25, 0.3) is 0 Å². The van der Waals surface area contributed by atoms with Crippen LogP contribution in [0.2, 0.25) is 0 Å². The third-order valence-electron chi connectivity index (χ3n) is 2.67. The average Bonchev–Trinajstić information content (AvgIpc) is 2.25. The van der Waals surface area contributed by atoms with Crippen LogP contribution in [0.1, 0.15) is 0 Å². The van der Waals surface area contributed by atoms with E-state index in [4.69, 9.17) is 9.47 Å². The maximum absolute atomic E-state index is 5.62. The number of nitrogens with zero attached hydrogens (tertiary/aromatic N) is 1. The lowest BCUT2D eigenvalue weighted by molar-refractivity contribution is 0.0211. The SMILES string of the molecule is CN(C)CCOc1ccc(NC2COC2)cc1. The minimum absolute atomic E-state index is 0.468. The van der Waals surface area contributed by atoms with Crippen LogP contribution in [-0.4, -0.2) is 51.4 Å². The highest BCUT2D eigenvalue weighted by Gasteiger charge is 2.17. The molecule has 0 atom stereocenters. The van der Waals surface area contributed by atoms with E-state index < -0.39 is 0 Å². The van der Waals surface area contributed by atoms with Gasteiger partial charge in [-0.05, 0) is 38.4 Å². The van der Waals surface area contributed by atoms with Crippen LogP contribution in [0.4, 0.5) is 5.69 Å². The van der Waals surface area contributed by atoms with Crippen molar-refractivity contribution in [3.8, 4) is 5.75 Å². The fraction of sp³-hybridized carbons (Fsp3) is 0.538. The van der Waals surface area contributed by atoms with Crippen molar-refractivity contribution in [3.05, 3.63) is 24.3 Å². The molecule has 0 bridgehead atoms. The molecule has 1 aromatic carbocycles. The Morgan fingerprint density at radius 3 is 2.53 bits per heavy atom. The maximum atomic E-state index is 5.62. The van der Waals surface area contributed by atoms with Gasteiger partial charge in [0.05, 0.1) is 19.3 Å². The summed E-state index contributed by atoms with van der Waals surface area (Å²) in [7, 11) is 4.08. The quantitative estimate of drug-likeness (QED) is 0.810. The van der Waals surface area contributed by atoms with Crippen molar-refractivity contribution >= 4 is 5.69 Å². The monoisotopic (exact) mass is 236 g/mol. The second-order valence-electron chi connectivity index (χ2n) is 4.55. The molecule has 0 aliphatic carbocycles. The molecule has 4 nitrogen and oxygen atoms in total. The summed E-state index contributed by atoms with van der Waals surface area (Å²) >= 11 is 0. The van der Waals surface area contributed by atoms with E-state index in [1.54, 1.807) is 0 Å². The first-order valence-corrected chi connectivity index (χ1v) is 5.96. The third kappa shape index (κ3) is 3.91. The first-order valence-electron chi connectivity index (χ1n) is 5.96. The van der Waals surface area contributed by atoms with Crippen molar-refractivity contribution in [3.63, 3.8) is 0 Å². The Kier molecular flexibility index (Phi) is 4.23. The molecule has 0 amide bonds. The molecule has 1 heterocycles. The average molecular weight is 236 g/mol. The Balaban J connectivity index is 1.76. The second kappa shape index (κ2) is 5.89. The number of anilines is 1. The summed E-state index contributed by atoms with van der Waals surface area (Å²) in [4.78, 5) is 2.10. The van der Waals surface area contributed by atoms with E-state index in [1.165, 1.54) is 0 Å². The van der Waals surface area contributed by atoms with Crippen molar-refractivity contribution in [1.82, 2.24) is 4.90 Å². The first-order chi connectivity index (χ1) is 8.24. The Morgan fingerprint density at radius 1 is 1.29 bits per heavy atom. The summed E-state index contributed by atoms with van der Waals surface area (Å²) in [6.45, 7) is 3.26. The Hall–Kier alpha value is -1.26. The van der Waals surface area contributed by atoms with E-state index in [9.17, 15) is 0 Å². The van der Waals surface area contributed by atoms with Gasteiger partial charge in [0, 0.05) is 12.2 Å². The van der Waals surface area contributed by atoms with Gasteiger partial charge in [-0.1, -0.05) is 0 Å². The zero-order valence-electron chi connectivity index (χ0n) is 10.5. The van der Waals surface area contributed by atoms with Crippen LogP contribution < -0.4 is 10.1 Å². The zero-order valence-corrected chi connectivity index (χ0v) is 10.5. The first kappa shape index (κ1) is 12.2. The predicted octanol–water partition coefficient (Wildman–Crippen LogP) is 1.44. The number of likely N-dealkylation sites (N-methyl/N-ethyl adjacent to an activating group) is 1. The summed E-state index contributed by atoms with van der Waals surface area (Å²) in [5.74, 6) is 0.919. The molecule has 17 heavy (non-hydrogen) atoms. The van der Waals surface area contributed by atoms with Gasteiger partial charge in [-0.2, -0.15) is 0 Å². The van der Waals surface area contributed by atoms with Crippen molar-refractivity contribution < 1.29 is 9.47 Å². The summed E-state index contributed by atoms with van der Waals surface area (Å²) in [6.07, 6.45) is 0. The third-order valence-corrected chi connectivity index (χ3v) is 2.67. The van der Waals surface area contributed by atoms with Crippen molar-refractivity contribution in [2.75, 3.05) is 45.8 Å². The van der Waals surface area contributed by atoms with Gasteiger partial charge in [0.15, 0.2) is 0 Å². The molecule has 0 saturated carbocycles. The van der Waals surface area contributed by atoms with E-state index in [0.717, 1.165) is 37.8 Å². The highest BCUT2D eigenvalue weighted by molar-refractivity contribution is 5.47. The smallest absolute Gasteiger partial charge is 0.119 e. The number of benzene rings is 1. The maximum Gasteiger partial charge on any atom is 0.119 e.